The SMILES string of the molecule is OC(c1ccc2c(c1)COC2)C1CCCC1. The van der Waals surface area contributed by atoms with Crippen LogP contribution < -0.4 is 0 Å². The number of ether oxygens (including phenoxy) is 1. The van der Waals surface area contributed by atoms with Gasteiger partial charge in [-0.2, -0.15) is 0 Å². The molecule has 0 saturated heterocycles. The summed E-state index contributed by atoms with van der Waals surface area (Å²) in [6, 6.07) is 6.30. The molecule has 1 unspecified atom stereocenters. The van der Waals surface area contributed by atoms with E-state index in [9.17, 15) is 5.11 Å². The van der Waals surface area contributed by atoms with Gasteiger partial charge in [-0.3, -0.25) is 0 Å². The highest BCUT2D eigenvalue weighted by molar-refractivity contribution is 5.34. The van der Waals surface area contributed by atoms with Crippen LogP contribution >= 0.6 is 0 Å². The van der Waals surface area contributed by atoms with Crippen molar-refractivity contribution in [1.29, 1.82) is 0 Å². The van der Waals surface area contributed by atoms with E-state index >= 15 is 0 Å². The zero-order valence-electron chi connectivity index (χ0n) is 9.48. The normalized spacial score (nSPS) is 22.3. The van der Waals surface area contributed by atoms with Crippen LogP contribution in [0.3, 0.4) is 0 Å². The van der Waals surface area contributed by atoms with Crippen LogP contribution in [-0.4, -0.2) is 5.11 Å². The molecule has 1 atom stereocenters. The van der Waals surface area contributed by atoms with Gasteiger partial charge in [-0.05, 0) is 35.4 Å². The van der Waals surface area contributed by atoms with Crippen molar-refractivity contribution < 1.29 is 9.84 Å². The van der Waals surface area contributed by atoms with Gasteiger partial charge in [0, 0.05) is 0 Å². The van der Waals surface area contributed by atoms with Crippen molar-refractivity contribution in [3.63, 3.8) is 0 Å². The van der Waals surface area contributed by atoms with Gasteiger partial charge >= 0.3 is 0 Å². The zero-order valence-corrected chi connectivity index (χ0v) is 9.48. The van der Waals surface area contributed by atoms with E-state index in [4.69, 9.17) is 4.74 Å². The first kappa shape index (κ1) is 10.3. The lowest BCUT2D eigenvalue weighted by molar-refractivity contribution is 0.111. The number of hydrogen-bond donors (Lipinski definition) is 1. The van der Waals surface area contributed by atoms with Crippen LogP contribution in [0.1, 0.15) is 48.5 Å². The summed E-state index contributed by atoms with van der Waals surface area (Å²) in [4.78, 5) is 0. The van der Waals surface area contributed by atoms with E-state index < -0.39 is 0 Å². The van der Waals surface area contributed by atoms with Crippen molar-refractivity contribution in [3.05, 3.63) is 34.9 Å². The number of benzene rings is 1. The Bertz CT molecular complexity index is 380. The highest BCUT2D eigenvalue weighted by Gasteiger charge is 2.25. The largest absolute Gasteiger partial charge is 0.388 e. The summed E-state index contributed by atoms with van der Waals surface area (Å²) in [5.41, 5.74) is 3.62. The monoisotopic (exact) mass is 218 g/mol. The van der Waals surface area contributed by atoms with Crippen molar-refractivity contribution in [3.8, 4) is 0 Å². The molecule has 1 N–H and O–H groups in total. The lowest BCUT2D eigenvalue weighted by atomic mass is 9.92. The van der Waals surface area contributed by atoms with Gasteiger partial charge in [-0.1, -0.05) is 31.0 Å². The highest BCUT2D eigenvalue weighted by Crippen LogP contribution is 2.36. The van der Waals surface area contributed by atoms with Gasteiger partial charge in [0.15, 0.2) is 0 Å². The molecule has 1 heterocycles. The van der Waals surface area contributed by atoms with Gasteiger partial charge in [0.2, 0.25) is 0 Å². The summed E-state index contributed by atoms with van der Waals surface area (Å²) in [7, 11) is 0. The van der Waals surface area contributed by atoms with Crippen LogP contribution in [0, 0.1) is 5.92 Å². The minimum absolute atomic E-state index is 0.270. The van der Waals surface area contributed by atoms with E-state index in [1.54, 1.807) is 0 Å². The molecule has 2 aliphatic rings. The number of aliphatic hydroxyl groups excluding tert-OH is 1. The quantitative estimate of drug-likeness (QED) is 0.827. The topological polar surface area (TPSA) is 29.5 Å². The van der Waals surface area contributed by atoms with E-state index in [1.165, 1.54) is 36.8 Å². The summed E-state index contributed by atoms with van der Waals surface area (Å²) in [6.07, 6.45) is 4.63. The van der Waals surface area contributed by atoms with Crippen LogP contribution in [0.15, 0.2) is 18.2 Å². The van der Waals surface area contributed by atoms with Gasteiger partial charge in [0.25, 0.3) is 0 Å². The molecular formula is C14H18O2. The lowest BCUT2D eigenvalue weighted by Gasteiger charge is -2.18. The summed E-state index contributed by atoms with van der Waals surface area (Å²) in [6.45, 7) is 1.44. The Morgan fingerprint density at radius 2 is 1.88 bits per heavy atom. The fraction of sp³-hybridized carbons (Fsp3) is 0.571. The number of rotatable bonds is 2. The van der Waals surface area contributed by atoms with Crippen LogP contribution in [0.25, 0.3) is 0 Å². The van der Waals surface area contributed by atoms with E-state index in [2.05, 4.69) is 18.2 Å². The minimum Gasteiger partial charge on any atom is -0.388 e. The minimum atomic E-state index is -0.270. The van der Waals surface area contributed by atoms with Crippen molar-refractivity contribution in [1.82, 2.24) is 0 Å². The Balaban J connectivity index is 1.83. The molecule has 2 heteroatoms. The van der Waals surface area contributed by atoms with Gasteiger partial charge in [-0.25, -0.2) is 0 Å². The Morgan fingerprint density at radius 3 is 2.69 bits per heavy atom. The average molecular weight is 218 g/mol. The molecule has 0 aromatic heterocycles. The van der Waals surface area contributed by atoms with E-state index in [1.807, 2.05) is 0 Å². The molecule has 86 valence electrons. The van der Waals surface area contributed by atoms with Gasteiger partial charge in [0.05, 0.1) is 19.3 Å². The van der Waals surface area contributed by atoms with Crippen molar-refractivity contribution >= 4 is 0 Å². The maximum absolute atomic E-state index is 10.3. The molecule has 1 aliphatic heterocycles. The van der Waals surface area contributed by atoms with Gasteiger partial charge < -0.3 is 9.84 Å². The predicted octanol–water partition coefficient (Wildman–Crippen LogP) is 2.94. The summed E-state index contributed by atoms with van der Waals surface area (Å²) in [5, 5.41) is 10.3. The standard InChI is InChI=1S/C14H18O2/c15-14(10-3-1-2-4-10)11-5-6-12-8-16-9-13(12)7-11/h5-7,10,14-15H,1-4,8-9H2. The van der Waals surface area contributed by atoms with Crippen LogP contribution in [0.2, 0.25) is 0 Å². The van der Waals surface area contributed by atoms with Gasteiger partial charge in [-0.15, -0.1) is 0 Å². The molecular weight excluding hydrogens is 200 g/mol. The van der Waals surface area contributed by atoms with E-state index in [-0.39, 0.29) is 6.10 Å². The maximum atomic E-state index is 10.3. The third-order valence-electron chi connectivity index (χ3n) is 3.93. The fourth-order valence-corrected chi connectivity index (χ4v) is 2.92. The second-order valence-corrected chi connectivity index (χ2v) is 5.01. The second kappa shape index (κ2) is 4.19. The first-order valence-corrected chi connectivity index (χ1v) is 6.22. The van der Waals surface area contributed by atoms with Crippen molar-refractivity contribution in [2.45, 2.75) is 45.0 Å². The molecule has 1 fully saturated rings. The predicted molar refractivity (Wildman–Crippen MR) is 61.9 cm³/mol. The Morgan fingerprint density at radius 1 is 1.12 bits per heavy atom. The maximum Gasteiger partial charge on any atom is 0.0818 e. The zero-order chi connectivity index (χ0) is 11.0. The van der Waals surface area contributed by atoms with E-state index in [0.717, 1.165) is 12.2 Å². The Kier molecular flexibility index (Phi) is 2.70. The fourth-order valence-electron chi connectivity index (χ4n) is 2.92. The van der Waals surface area contributed by atoms with Gasteiger partial charge in [0.1, 0.15) is 0 Å². The Labute approximate surface area is 96.2 Å². The summed E-state index contributed by atoms with van der Waals surface area (Å²) >= 11 is 0. The first-order valence-electron chi connectivity index (χ1n) is 6.22. The third-order valence-corrected chi connectivity index (χ3v) is 3.93. The molecule has 0 amide bonds. The molecule has 1 saturated carbocycles. The Hall–Kier alpha value is -0.860. The number of hydrogen-bond acceptors (Lipinski definition) is 2. The molecule has 0 bridgehead atoms. The molecule has 0 radical (unpaired) electrons. The molecule has 16 heavy (non-hydrogen) atoms. The van der Waals surface area contributed by atoms with Crippen LogP contribution in [0.4, 0.5) is 0 Å². The molecule has 0 spiro atoms. The number of aliphatic hydroxyl groups is 1. The van der Waals surface area contributed by atoms with Crippen LogP contribution in [0.5, 0.6) is 0 Å². The highest BCUT2D eigenvalue weighted by atomic mass is 16.5. The molecule has 3 rings (SSSR count). The van der Waals surface area contributed by atoms with Crippen LogP contribution in [-0.2, 0) is 18.0 Å². The number of fused-ring (bicyclic) bond motifs is 1. The van der Waals surface area contributed by atoms with Crippen molar-refractivity contribution in [2.24, 2.45) is 5.92 Å². The average Bonchev–Trinajstić information content (AvgIpc) is 2.98. The smallest absolute Gasteiger partial charge is 0.0818 e. The third kappa shape index (κ3) is 1.76. The summed E-state index contributed by atoms with van der Waals surface area (Å²) in [5.74, 6) is 0.473. The van der Waals surface area contributed by atoms with Crippen molar-refractivity contribution in [2.75, 3.05) is 0 Å². The lowest BCUT2D eigenvalue weighted by Crippen LogP contribution is -2.09. The molecule has 1 aromatic carbocycles. The van der Waals surface area contributed by atoms with E-state index in [0.29, 0.717) is 12.5 Å². The summed E-state index contributed by atoms with van der Waals surface area (Å²) < 4.78 is 5.39. The molecule has 1 aromatic rings. The second-order valence-electron chi connectivity index (χ2n) is 5.01. The first-order chi connectivity index (χ1) is 7.84. The molecule has 2 nitrogen and oxygen atoms in total. The molecule has 1 aliphatic carbocycles.